The molecular formula is C19H15FN4O2. The molecule has 0 aliphatic heterocycles. The molecule has 2 aromatic heterocycles. The van der Waals surface area contributed by atoms with E-state index in [1.807, 2.05) is 35.0 Å². The zero-order valence-corrected chi connectivity index (χ0v) is 13.9. The van der Waals surface area contributed by atoms with Crippen LogP contribution in [-0.4, -0.2) is 20.7 Å². The smallest absolute Gasteiger partial charge is 0.247 e. The number of nitrogens with zero attached hydrogens (tertiary/aromatic N) is 3. The van der Waals surface area contributed by atoms with Gasteiger partial charge in [-0.1, -0.05) is 12.1 Å². The molecule has 2 aromatic carbocycles. The Balaban J connectivity index is 1.59. The Kier molecular flexibility index (Phi) is 3.96. The molecule has 4 aromatic rings. The average molecular weight is 350 g/mol. The normalized spacial score (nSPS) is 11.0. The van der Waals surface area contributed by atoms with E-state index in [0.29, 0.717) is 17.5 Å². The van der Waals surface area contributed by atoms with Crippen LogP contribution >= 0.6 is 0 Å². The standard InChI is InChI=1S/C19H15FN4O2/c1-12-22-23-19(26-12)14-6-5-13-7-8-24(17(13)9-14)11-18(25)21-16-4-2-3-15(20)10-16/h2-10H,11H2,1H3,(H,21,25). The highest BCUT2D eigenvalue weighted by molar-refractivity contribution is 5.92. The number of anilines is 1. The molecule has 0 radical (unpaired) electrons. The second kappa shape index (κ2) is 6.44. The van der Waals surface area contributed by atoms with Crippen LogP contribution in [0.4, 0.5) is 10.1 Å². The maximum Gasteiger partial charge on any atom is 0.247 e. The lowest BCUT2D eigenvalue weighted by molar-refractivity contribution is -0.116. The lowest BCUT2D eigenvalue weighted by atomic mass is 10.1. The molecule has 6 nitrogen and oxygen atoms in total. The summed E-state index contributed by atoms with van der Waals surface area (Å²) in [6.45, 7) is 1.83. The topological polar surface area (TPSA) is 73.0 Å². The van der Waals surface area contributed by atoms with Crippen molar-refractivity contribution in [3.63, 3.8) is 0 Å². The molecule has 0 spiro atoms. The first-order valence-corrected chi connectivity index (χ1v) is 8.03. The number of hydrogen-bond acceptors (Lipinski definition) is 4. The van der Waals surface area contributed by atoms with Crippen LogP contribution in [-0.2, 0) is 11.3 Å². The fraction of sp³-hybridized carbons (Fsp3) is 0.105. The molecule has 0 aliphatic rings. The number of halogens is 1. The Morgan fingerprint density at radius 1 is 1.19 bits per heavy atom. The van der Waals surface area contributed by atoms with Crippen LogP contribution in [0.1, 0.15) is 5.89 Å². The van der Waals surface area contributed by atoms with Gasteiger partial charge in [-0.25, -0.2) is 4.39 Å². The largest absolute Gasteiger partial charge is 0.421 e. The van der Waals surface area contributed by atoms with Crippen molar-refractivity contribution in [2.24, 2.45) is 0 Å². The fourth-order valence-electron chi connectivity index (χ4n) is 2.79. The van der Waals surface area contributed by atoms with Crippen molar-refractivity contribution >= 4 is 22.5 Å². The van der Waals surface area contributed by atoms with Gasteiger partial charge in [-0.15, -0.1) is 10.2 Å². The van der Waals surface area contributed by atoms with E-state index >= 15 is 0 Å². The monoisotopic (exact) mass is 350 g/mol. The number of benzene rings is 2. The zero-order chi connectivity index (χ0) is 18.1. The van der Waals surface area contributed by atoms with Crippen LogP contribution in [0.2, 0.25) is 0 Å². The van der Waals surface area contributed by atoms with Crippen LogP contribution in [0.5, 0.6) is 0 Å². The van der Waals surface area contributed by atoms with Crippen molar-refractivity contribution in [3.8, 4) is 11.5 Å². The van der Waals surface area contributed by atoms with Gasteiger partial charge in [0.1, 0.15) is 12.4 Å². The van der Waals surface area contributed by atoms with Crippen LogP contribution in [0.25, 0.3) is 22.4 Å². The van der Waals surface area contributed by atoms with Crippen molar-refractivity contribution in [1.82, 2.24) is 14.8 Å². The van der Waals surface area contributed by atoms with E-state index in [1.165, 1.54) is 12.1 Å². The van der Waals surface area contributed by atoms with Crippen molar-refractivity contribution in [2.45, 2.75) is 13.5 Å². The second-order valence-corrected chi connectivity index (χ2v) is 5.90. The lowest BCUT2D eigenvalue weighted by Gasteiger charge is -2.08. The first kappa shape index (κ1) is 16.0. The van der Waals surface area contributed by atoms with E-state index in [1.54, 1.807) is 19.1 Å². The van der Waals surface area contributed by atoms with Crippen LogP contribution in [0, 0.1) is 12.7 Å². The maximum atomic E-state index is 13.2. The summed E-state index contributed by atoms with van der Waals surface area (Å²) < 4.78 is 20.5. The number of nitrogens with one attached hydrogen (secondary N) is 1. The first-order chi connectivity index (χ1) is 12.6. The minimum Gasteiger partial charge on any atom is -0.421 e. The Morgan fingerprint density at radius 3 is 2.85 bits per heavy atom. The van der Waals surface area contributed by atoms with Crippen molar-refractivity contribution in [1.29, 1.82) is 0 Å². The third-order valence-electron chi connectivity index (χ3n) is 3.97. The highest BCUT2D eigenvalue weighted by atomic mass is 19.1. The van der Waals surface area contributed by atoms with Crippen LogP contribution in [0.15, 0.2) is 59.1 Å². The molecule has 0 saturated carbocycles. The molecule has 1 amide bonds. The average Bonchev–Trinajstić information content (AvgIpc) is 3.21. The summed E-state index contributed by atoms with van der Waals surface area (Å²) >= 11 is 0. The van der Waals surface area contributed by atoms with E-state index in [9.17, 15) is 9.18 Å². The molecular weight excluding hydrogens is 335 g/mol. The molecule has 130 valence electrons. The molecule has 0 unspecified atom stereocenters. The number of carbonyl (C=O) groups excluding carboxylic acids is 1. The van der Waals surface area contributed by atoms with Gasteiger partial charge in [0, 0.05) is 29.9 Å². The Labute approximate surface area is 148 Å². The number of carbonyl (C=O) groups is 1. The summed E-state index contributed by atoms with van der Waals surface area (Å²) in [7, 11) is 0. The molecule has 2 heterocycles. The molecule has 1 N–H and O–H groups in total. The fourth-order valence-corrected chi connectivity index (χ4v) is 2.79. The number of aryl methyl sites for hydroxylation is 1. The van der Waals surface area contributed by atoms with Gasteiger partial charge in [-0.3, -0.25) is 4.79 Å². The summed E-state index contributed by atoms with van der Waals surface area (Å²) in [5, 5.41) is 11.5. The Morgan fingerprint density at radius 2 is 2.08 bits per heavy atom. The zero-order valence-electron chi connectivity index (χ0n) is 13.9. The molecule has 26 heavy (non-hydrogen) atoms. The number of hydrogen-bond donors (Lipinski definition) is 1. The predicted molar refractivity (Wildman–Crippen MR) is 95.0 cm³/mol. The van der Waals surface area contributed by atoms with Gasteiger partial charge in [-0.2, -0.15) is 0 Å². The van der Waals surface area contributed by atoms with E-state index in [4.69, 9.17) is 4.42 Å². The number of rotatable bonds is 4. The predicted octanol–water partition coefficient (Wildman–Crippen LogP) is 3.78. The third-order valence-corrected chi connectivity index (χ3v) is 3.97. The third kappa shape index (κ3) is 3.19. The highest BCUT2D eigenvalue weighted by Gasteiger charge is 2.11. The molecule has 7 heteroatoms. The quantitative estimate of drug-likeness (QED) is 0.608. The number of amides is 1. The van der Waals surface area contributed by atoms with Gasteiger partial charge < -0.3 is 14.3 Å². The first-order valence-electron chi connectivity index (χ1n) is 8.03. The molecule has 4 rings (SSSR count). The number of aromatic nitrogens is 3. The van der Waals surface area contributed by atoms with Crippen molar-refractivity contribution in [3.05, 3.63) is 66.4 Å². The SMILES string of the molecule is Cc1nnc(-c2ccc3ccn(CC(=O)Nc4cccc(F)c4)c3c2)o1. The minimum absolute atomic E-state index is 0.103. The Bertz CT molecular complexity index is 1100. The van der Waals surface area contributed by atoms with Crippen LogP contribution in [0.3, 0.4) is 0 Å². The lowest BCUT2D eigenvalue weighted by Crippen LogP contribution is -2.18. The molecule has 0 saturated heterocycles. The van der Waals surface area contributed by atoms with Gasteiger partial charge in [0.05, 0.1) is 0 Å². The van der Waals surface area contributed by atoms with Crippen molar-refractivity contribution < 1.29 is 13.6 Å². The highest BCUT2D eigenvalue weighted by Crippen LogP contribution is 2.24. The van der Waals surface area contributed by atoms with Crippen molar-refractivity contribution in [2.75, 3.05) is 5.32 Å². The second-order valence-electron chi connectivity index (χ2n) is 5.90. The van der Waals surface area contributed by atoms with Gasteiger partial charge in [0.2, 0.25) is 17.7 Å². The summed E-state index contributed by atoms with van der Waals surface area (Å²) in [6, 6.07) is 13.5. The van der Waals surface area contributed by atoms with E-state index in [-0.39, 0.29) is 12.5 Å². The summed E-state index contributed by atoms with van der Waals surface area (Å²) in [4.78, 5) is 12.3. The number of fused-ring (bicyclic) bond motifs is 1. The molecule has 0 fully saturated rings. The van der Waals surface area contributed by atoms with E-state index in [0.717, 1.165) is 16.5 Å². The molecule has 0 atom stereocenters. The molecule has 0 aliphatic carbocycles. The van der Waals surface area contributed by atoms with E-state index < -0.39 is 5.82 Å². The van der Waals surface area contributed by atoms with Gasteiger partial charge in [0.15, 0.2) is 0 Å². The Hall–Kier alpha value is -3.48. The van der Waals surface area contributed by atoms with Gasteiger partial charge in [-0.05, 0) is 41.8 Å². The summed E-state index contributed by atoms with van der Waals surface area (Å²) in [5.41, 5.74) is 2.07. The maximum absolute atomic E-state index is 13.2. The van der Waals surface area contributed by atoms with Gasteiger partial charge >= 0.3 is 0 Å². The van der Waals surface area contributed by atoms with Crippen LogP contribution < -0.4 is 5.32 Å². The molecule has 0 bridgehead atoms. The summed E-state index contributed by atoms with van der Waals surface area (Å²) in [6.07, 6.45) is 1.83. The minimum atomic E-state index is -0.395. The van der Waals surface area contributed by atoms with E-state index in [2.05, 4.69) is 15.5 Å². The van der Waals surface area contributed by atoms with Gasteiger partial charge in [0.25, 0.3) is 0 Å². The summed E-state index contributed by atoms with van der Waals surface area (Å²) in [5.74, 6) is 0.284.